The molecule has 19 heavy (non-hydrogen) atoms. The second kappa shape index (κ2) is 6.98. The van der Waals surface area contributed by atoms with E-state index in [-0.39, 0.29) is 12.0 Å². The highest BCUT2D eigenvalue weighted by Crippen LogP contribution is 2.11. The maximum Gasteiger partial charge on any atom is 0.323 e. The molecule has 1 rings (SSSR count). The van der Waals surface area contributed by atoms with Gasteiger partial charge in [-0.25, -0.2) is 4.98 Å². The van der Waals surface area contributed by atoms with Gasteiger partial charge in [-0.15, -0.1) is 11.3 Å². The number of carbonyl (C=O) groups is 1. The number of hydrogen-bond donors (Lipinski definition) is 1. The molecular formula is C13H22N2O3S. The summed E-state index contributed by atoms with van der Waals surface area (Å²) in [6.07, 6.45) is 0. The fourth-order valence-corrected chi connectivity index (χ4v) is 2.12. The van der Waals surface area contributed by atoms with Gasteiger partial charge in [0, 0.05) is 19.0 Å². The predicted molar refractivity (Wildman–Crippen MR) is 75.0 cm³/mol. The molecule has 1 atom stereocenters. The third-order valence-electron chi connectivity index (χ3n) is 2.22. The number of methoxy groups -OCH3 is 1. The second-order valence-corrected chi connectivity index (χ2v) is 6.24. The van der Waals surface area contributed by atoms with Crippen molar-refractivity contribution in [3.63, 3.8) is 0 Å². The Morgan fingerprint density at radius 2 is 2.21 bits per heavy atom. The number of rotatable bonds is 6. The van der Waals surface area contributed by atoms with Crippen molar-refractivity contribution < 1.29 is 14.3 Å². The van der Waals surface area contributed by atoms with Crippen LogP contribution in [-0.4, -0.2) is 29.7 Å². The minimum Gasteiger partial charge on any atom is -0.459 e. The molecule has 0 bridgehead atoms. The smallest absolute Gasteiger partial charge is 0.323 e. The molecule has 1 N–H and O–H groups in total. The van der Waals surface area contributed by atoms with Gasteiger partial charge < -0.3 is 9.47 Å². The number of nitrogens with one attached hydrogen (secondary N) is 1. The molecule has 0 aliphatic carbocycles. The first-order valence-corrected chi connectivity index (χ1v) is 7.08. The summed E-state index contributed by atoms with van der Waals surface area (Å²) in [6.45, 7) is 8.42. The summed E-state index contributed by atoms with van der Waals surface area (Å²) in [5.74, 6) is -0.250. The first kappa shape index (κ1) is 16.1. The highest BCUT2D eigenvalue weighted by molar-refractivity contribution is 7.09. The number of thiazole rings is 1. The van der Waals surface area contributed by atoms with Gasteiger partial charge in [0.05, 0.1) is 12.3 Å². The van der Waals surface area contributed by atoms with Gasteiger partial charge in [0.25, 0.3) is 0 Å². The summed E-state index contributed by atoms with van der Waals surface area (Å²) in [6, 6.07) is -0.355. The van der Waals surface area contributed by atoms with E-state index in [1.165, 1.54) is 0 Å². The molecule has 0 unspecified atom stereocenters. The SMILES string of the molecule is COCc1nc(CN[C@H](C)C(=O)OC(C)(C)C)cs1. The van der Waals surface area contributed by atoms with Gasteiger partial charge in [-0.2, -0.15) is 0 Å². The van der Waals surface area contributed by atoms with Gasteiger partial charge in [-0.3, -0.25) is 10.1 Å². The molecule has 1 aromatic heterocycles. The Balaban J connectivity index is 2.40. The van der Waals surface area contributed by atoms with Gasteiger partial charge in [0.2, 0.25) is 0 Å². The van der Waals surface area contributed by atoms with Crippen molar-refractivity contribution in [2.24, 2.45) is 0 Å². The summed E-state index contributed by atoms with van der Waals surface area (Å²) in [7, 11) is 1.64. The Morgan fingerprint density at radius 1 is 1.53 bits per heavy atom. The number of hydrogen-bond acceptors (Lipinski definition) is 6. The number of aromatic nitrogens is 1. The van der Waals surface area contributed by atoms with Crippen molar-refractivity contribution in [1.82, 2.24) is 10.3 Å². The van der Waals surface area contributed by atoms with Crippen molar-refractivity contribution in [2.45, 2.75) is 52.5 Å². The number of carbonyl (C=O) groups excluding carboxylic acids is 1. The second-order valence-electron chi connectivity index (χ2n) is 5.30. The van der Waals surface area contributed by atoms with Gasteiger partial charge in [0.1, 0.15) is 16.7 Å². The van der Waals surface area contributed by atoms with Crippen LogP contribution in [-0.2, 0) is 27.4 Å². The minimum atomic E-state index is -0.459. The van der Waals surface area contributed by atoms with Crippen molar-refractivity contribution in [2.75, 3.05) is 7.11 Å². The van der Waals surface area contributed by atoms with E-state index in [1.807, 2.05) is 26.2 Å². The van der Waals surface area contributed by atoms with E-state index < -0.39 is 5.60 Å². The summed E-state index contributed by atoms with van der Waals surface area (Å²) in [5, 5.41) is 6.00. The summed E-state index contributed by atoms with van der Waals surface area (Å²) < 4.78 is 10.3. The Bertz CT molecular complexity index is 412. The van der Waals surface area contributed by atoms with E-state index in [2.05, 4.69) is 10.3 Å². The first-order chi connectivity index (χ1) is 8.81. The van der Waals surface area contributed by atoms with E-state index >= 15 is 0 Å². The lowest BCUT2D eigenvalue weighted by Gasteiger charge is -2.22. The lowest BCUT2D eigenvalue weighted by atomic mass is 10.2. The van der Waals surface area contributed by atoms with E-state index in [0.29, 0.717) is 13.2 Å². The summed E-state index contributed by atoms with van der Waals surface area (Å²) in [4.78, 5) is 16.1. The summed E-state index contributed by atoms with van der Waals surface area (Å²) >= 11 is 1.55. The molecule has 0 aliphatic heterocycles. The third-order valence-corrected chi connectivity index (χ3v) is 3.09. The monoisotopic (exact) mass is 286 g/mol. The molecule has 0 aliphatic rings. The van der Waals surface area contributed by atoms with Crippen LogP contribution in [0.3, 0.4) is 0 Å². The van der Waals surface area contributed by atoms with Crippen LogP contribution in [0.1, 0.15) is 38.4 Å². The maximum atomic E-state index is 11.8. The third kappa shape index (κ3) is 6.13. The van der Waals surface area contributed by atoms with Crippen LogP contribution in [0.5, 0.6) is 0 Å². The normalized spacial score (nSPS) is 13.3. The first-order valence-electron chi connectivity index (χ1n) is 6.20. The fraction of sp³-hybridized carbons (Fsp3) is 0.692. The highest BCUT2D eigenvalue weighted by Gasteiger charge is 2.21. The summed E-state index contributed by atoms with van der Waals surface area (Å²) in [5.41, 5.74) is 0.451. The lowest BCUT2D eigenvalue weighted by molar-refractivity contribution is -0.157. The van der Waals surface area contributed by atoms with Crippen LogP contribution in [0.4, 0.5) is 0 Å². The molecule has 0 fully saturated rings. The fourth-order valence-electron chi connectivity index (χ4n) is 1.35. The Labute approximate surface area is 118 Å². The van der Waals surface area contributed by atoms with E-state index in [9.17, 15) is 4.79 Å². The van der Waals surface area contributed by atoms with Crippen molar-refractivity contribution in [1.29, 1.82) is 0 Å². The number of nitrogens with zero attached hydrogens (tertiary/aromatic N) is 1. The zero-order valence-corrected chi connectivity index (χ0v) is 13.0. The van der Waals surface area contributed by atoms with Gasteiger partial charge in [-0.1, -0.05) is 0 Å². The number of esters is 1. The van der Waals surface area contributed by atoms with Crippen molar-refractivity contribution in [3.05, 3.63) is 16.1 Å². The topological polar surface area (TPSA) is 60.5 Å². The van der Waals surface area contributed by atoms with E-state index in [0.717, 1.165) is 10.7 Å². The molecule has 1 heterocycles. The average Bonchev–Trinajstić information content (AvgIpc) is 2.72. The van der Waals surface area contributed by atoms with Crippen LogP contribution in [0, 0.1) is 0 Å². The molecule has 0 amide bonds. The van der Waals surface area contributed by atoms with Crippen molar-refractivity contribution >= 4 is 17.3 Å². The lowest BCUT2D eigenvalue weighted by Crippen LogP contribution is -2.38. The Kier molecular flexibility index (Phi) is 5.90. The van der Waals surface area contributed by atoms with Crippen molar-refractivity contribution in [3.8, 4) is 0 Å². The van der Waals surface area contributed by atoms with Crippen LogP contribution >= 0.6 is 11.3 Å². The maximum absolute atomic E-state index is 11.8. The van der Waals surface area contributed by atoms with Gasteiger partial charge in [0.15, 0.2) is 0 Å². The average molecular weight is 286 g/mol. The quantitative estimate of drug-likeness (QED) is 0.812. The minimum absolute atomic E-state index is 0.250. The molecule has 1 aromatic rings. The molecule has 0 spiro atoms. The molecule has 0 saturated carbocycles. The molecule has 0 radical (unpaired) electrons. The molecule has 6 heteroatoms. The van der Waals surface area contributed by atoms with Crippen LogP contribution in [0.25, 0.3) is 0 Å². The van der Waals surface area contributed by atoms with Gasteiger partial charge >= 0.3 is 5.97 Å². The number of ether oxygens (including phenoxy) is 2. The molecule has 108 valence electrons. The largest absolute Gasteiger partial charge is 0.459 e. The highest BCUT2D eigenvalue weighted by atomic mass is 32.1. The van der Waals surface area contributed by atoms with Gasteiger partial charge in [-0.05, 0) is 27.7 Å². The standard InChI is InChI=1S/C13H22N2O3S/c1-9(12(16)18-13(2,3)4)14-6-10-8-19-11(15-10)7-17-5/h8-9,14H,6-7H2,1-5H3/t9-/m1/s1. The van der Waals surface area contributed by atoms with E-state index in [4.69, 9.17) is 9.47 Å². The zero-order valence-electron chi connectivity index (χ0n) is 12.1. The molecule has 0 aromatic carbocycles. The predicted octanol–water partition coefficient (Wildman–Crippen LogP) is 2.11. The molecule has 0 saturated heterocycles. The van der Waals surface area contributed by atoms with Crippen LogP contribution in [0.2, 0.25) is 0 Å². The molecule has 5 nitrogen and oxygen atoms in total. The Morgan fingerprint density at radius 3 is 2.79 bits per heavy atom. The van der Waals surface area contributed by atoms with E-state index in [1.54, 1.807) is 25.4 Å². The zero-order chi connectivity index (χ0) is 14.5. The van der Waals surface area contributed by atoms with Crippen LogP contribution in [0.15, 0.2) is 5.38 Å². The molecular weight excluding hydrogens is 264 g/mol. The Hall–Kier alpha value is -0.980. The van der Waals surface area contributed by atoms with Crippen LogP contribution < -0.4 is 5.32 Å².